The van der Waals surface area contributed by atoms with E-state index in [-0.39, 0.29) is 11.1 Å². The largest absolute Gasteiger partial charge is 0.417 e. The van der Waals surface area contributed by atoms with Crippen molar-refractivity contribution < 1.29 is 13.2 Å². The second kappa shape index (κ2) is 6.70. The van der Waals surface area contributed by atoms with Gasteiger partial charge in [0.2, 0.25) is 0 Å². The standard InChI is InChI=1S/C15H19ClF3N/c16-14-9-8-12(10-13(14)15(17,18)19)20-11-6-4-2-1-3-5-7-11/h8-11,20H,1-7H2. The minimum absolute atomic E-state index is 0.249. The number of halogens is 4. The Morgan fingerprint density at radius 2 is 1.60 bits per heavy atom. The van der Waals surface area contributed by atoms with Gasteiger partial charge in [-0.2, -0.15) is 13.2 Å². The molecule has 1 aliphatic carbocycles. The molecule has 0 aromatic heterocycles. The molecule has 20 heavy (non-hydrogen) atoms. The van der Waals surface area contributed by atoms with Gasteiger partial charge in [-0.25, -0.2) is 0 Å². The molecule has 1 aromatic carbocycles. The van der Waals surface area contributed by atoms with Crippen molar-refractivity contribution in [2.24, 2.45) is 0 Å². The van der Waals surface area contributed by atoms with Crippen LogP contribution in [0.15, 0.2) is 18.2 Å². The quantitative estimate of drug-likeness (QED) is 0.719. The molecule has 1 N–H and O–H groups in total. The predicted molar refractivity (Wildman–Crippen MR) is 76.2 cm³/mol. The summed E-state index contributed by atoms with van der Waals surface area (Å²) in [6.07, 6.45) is 3.60. The van der Waals surface area contributed by atoms with Crippen LogP contribution in [0.2, 0.25) is 5.02 Å². The van der Waals surface area contributed by atoms with Crippen molar-refractivity contribution in [2.75, 3.05) is 5.32 Å². The molecule has 0 heterocycles. The molecular weight excluding hydrogens is 287 g/mol. The van der Waals surface area contributed by atoms with Crippen LogP contribution >= 0.6 is 11.6 Å². The Bertz CT molecular complexity index is 437. The predicted octanol–water partition coefficient (Wildman–Crippen LogP) is 5.88. The fourth-order valence-corrected chi connectivity index (χ4v) is 2.89. The normalized spacial score (nSPS) is 18.4. The molecule has 0 atom stereocenters. The van der Waals surface area contributed by atoms with Gasteiger partial charge in [-0.1, -0.05) is 43.7 Å². The molecule has 1 fully saturated rings. The van der Waals surface area contributed by atoms with Gasteiger partial charge >= 0.3 is 6.18 Å². The smallest absolute Gasteiger partial charge is 0.382 e. The first kappa shape index (κ1) is 15.5. The molecule has 0 spiro atoms. The SMILES string of the molecule is FC(F)(F)c1cc(NC2CCCCCCC2)ccc1Cl. The van der Waals surface area contributed by atoms with E-state index in [9.17, 15) is 13.2 Å². The second-order valence-corrected chi connectivity index (χ2v) is 5.79. The third-order valence-electron chi connectivity index (χ3n) is 3.75. The molecule has 0 saturated heterocycles. The first-order valence-corrected chi connectivity index (χ1v) is 7.48. The summed E-state index contributed by atoms with van der Waals surface area (Å²) in [5.74, 6) is 0. The zero-order valence-corrected chi connectivity index (χ0v) is 12.0. The summed E-state index contributed by atoms with van der Waals surface area (Å²) in [5.41, 5.74) is -0.262. The van der Waals surface area contributed by atoms with Gasteiger partial charge in [0.25, 0.3) is 0 Å². The van der Waals surface area contributed by atoms with Crippen LogP contribution in [-0.4, -0.2) is 6.04 Å². The van der Waals surface area contributed by atoms with E-state index in [2.05, 4.69) is 5.32 Å². The average molecular weight is 306 g/mol. The Kier molecular flexibility index (Phi) is 5.19. The summed E-state index contributed by atoms with van der Waals surface area (Å²) in [6, 6.07) is 4.31. The van der Waals surface area contributed by atoms with Gasteiger partial charge in [-0.3, -0.25) is 0 Å². The highest BCUT2D eigenvalue weighted by Crippen LogP contribution is 2.36. The molecule has 0 amide bonds. The highest BCUT2D eigenvalue weighted by Gasteiger charge is 2.33. The summed E-state index contributed by atoms with van der Waals surface area (Å²) < 4.78 is 38.4. The van der Waals surface area contributed by atoms with Crippen molar-refractivity contribution in [3.05, 3.63) is 28.8 Å². The number of alkyl halides is 3. The zero-order chi connectivity index (χ0) is 14.6. The van der Waals surface area contributed by atoms with Crippen LogP contribution in [0.4, 0.5) is 18.9 Å². The average Bonchev–Trinajstić information content (AvgIpc) is 2.33. The van der Waals surface area contributed by atoms with Crippen LogP contribution in [-0.2, 0) is 6.18 Å². The van der Waals surface area contributed by atoms with E-state index in [1.165, 1.54) is 25.3 Å². The van der Waals surface area contributed by atoms with Gasteiger partial charge < -0.3 is 5.32 Å². The number of hydrogen-bond donors (Lipinski definition) is 1. The molecular formula is C15H19ClF3N. The molecule has 1 aliphatic rings. The maximum Gasteiger partial charge on any atom is 0.417 e. The van der Waals surface area contributed by atoms with E-state index in [0.29, 0.717) is 5.69 Å². The first-order chi connectivity index (χ1) is 9.47. The molecule has 1 nitrogen and oxygen atoms in total. The van der Waals surface area contributed by atoms with Gasteiger partial charge in [0.1, 0.15) is 0 Å². The van der Waals surface area contributed by atoms with E-state index >= 15 is 0 Å². The topological polar surface area (TPSA) is 12.0 Å². The summed E-state index contributed by atoms with van der Waals surface area (Å²) in [5, 5.41) is 2.98. The fourth-order valence-electron chi connectivity index (χ4n) is 2.67. The Balaban J connectivity index is 2.08. The van der Waals surface area contributed by atoms with Crippen molar-refractivity contribution in [3.8, 4) is 0 Å². The van der Waals surface area contributed by atoms with Gasteiger partial charge in [0, 0.05) is 11.7 Å². The molecule has 112 valence electrons. The summed E-state index contributed by atoms with van der Waals surface area (Å²) in [7, 11) is 0. The lowest BCUT2D eigenvalue weighted by Gasteiger charge is -2.23. The summed E-state index contributed by atoms with van der Waals surface area (Å²) in [6.45, 7) is 0. The van der Waals surface area contributed by atoms with Gasteiger partial charge in [0.15, 0.2) is 0 Å². The number of rotatable bonds is 2. The van der Waals surface area contributed by atoms with Gasteiger partial charge in [-0.05, 0) is 31.0 Å². The van der Waals surface area contributed by atoms with Crippen molar-refractivity contribution in [1.82, 2.24) is 0 Å². The van der Waals surface area contributed by atoms with Crippen LogP contribution in [0.3, 0.4) is 0 Å². The Hall–Kier alpha value is -0.900. The monoisotopic (exact) mass is 305 g/mol. The fraction of sp³-hybridized carbons (Fsp3) is 0.600. The van der Waals surface area contributed by atoms with E-state index in [0.717, 1.165) is 31.7 Å². The van der Waals surface area contributed by atoms with E-state index < -0.39 is 11.7 Å². The molecule has 1 aromatic rings. The number of hydrogen-bond acceptors (Lipinski definition) is 1. The number of nitrogens with one attached hydrogen (secondary N) is 1. The third kappa shape index (κ3) is 4.30. The van der Waals surface area contributed by atoms with E-state index in [4.69, 9.17) is 11.6 Å². The van der Waals surface area contributed by atoms with Crippen molar-refractivity contribution >= 4 is 17.3 Å². The Morgan fingerprint density at radius 1 is 1.00 bits per heavy atom. The van der Waals surface area contributed by atoms with Crippen LogP contribution < -0.4 is 5.32 Å². The lowest BCUT2D eigenvalue weighted by Crippen LogP contribution is -2.21. The van der Waals surface area contributed by atoms with Gasteiger partial charge in [-0.15, -0.1) is 0 Å². The minimum Gasteiger partial charge on any atom is -0.382 e. The van der Waals surface area contributed by atoms with Crippen molar-refractivity contribution in [3.63, 3.8) is 0 Å². The first-order valence-electron chi connectivity index (χ1n) is 7.10. The highest BCUT2D eigenvalue weighted by atomic mass is 35.5. The minimum atomic E-state index is -4.41. The highest BCUT2D eigenvalue weighted by molar-refractivity contribution is 6.31. The lowest BCUT2D eigenvalue weighted by molar-refractivity contribution is -0.137. The number of benzene rings is 1. The molecule has 5 heteroatoms. The van der Waals surface area contributed by atoms with Crippen molar-refractivity contribution in [2.45, 2.75) is 57.2 Å². The maximum absolute atomic E-state index is 12.8. The van der Waals surface area contributed by atoms with E-state index in [1.807, 2.05) is 0 Å². The third-order valence-corrected chi connectivity index (χ3v) is 4.08. The molecule has 0 bridgehead atoms. The molecule has 0 radical (unpaired) electrons. The molecule has 0 aliphatic heterocycles. The number of anilines is 1. The second-order valence-electron chi connectivity index (χ2n) is 5.38. The maximum atomic E-state index is 12.8. The molecule has 0 unspecified atom stereocenters. The van der Waals surface area contributed by atoms with Crippen LogP contribution in [0.25, 0.3) is 0 Å². The Morgan fingerprint density at radius 3 is 2.20 bits per heavy atom. The van der Waals surface area contributed by atoms with Crippen LogP contribution in [0.5, 0.6) is 0 Å². The van der Waals surface area contributed by atoms with Crippen molar-refractivity contribution in [1.29, 1.82) is 0 Å². The lowest BCUT2D eigenvalue weighted by atomic mass is 9.96. The Labute approximate surface area is 122 Å². The zero-order valence-electron chi connectivity index (χ0n) is 11.3. The van der Waals surface area contributed by atoms with Crippen LogP contribution in [0, 0.1) is 0 Å². The summed E-state index contributed by atoms with van der Waals surface area (Å²) in [4.78, 5) is 0. The van der Waals surface area contributed by atoms with Crippen LogP contribution in [0.1, 0.15) is 50.5 Å². The summed E-state index contributed by atoms with van der Waals surface area (Å²) >= 11 is 5.62. The molecule has 2 rings (SSSR count). The molecule has 1 saturated carbocycles. The van der Waals surface area contributed by atoms with E-state index in [1.54, 1.807) is 6.07 Å². The van der Waals surface area contributed by atoms with Gasteiger partial charge in [0.05, 0.1) is 10.6 Å².